The van der Waals surface area contributed by atoms with Crippen molar-refractivity contribution in [2.24, 2.45) is 0 Å². The topological polar surface area (TPSA) is 73.9 Å². The maximum atomic E-state index is 12.9. The third-order valence-corrected chi connectivity index (χ3v) is 3.62. The first-order valence-electron chi connectivity index (χ1n) is 6.08. The molecule has 0 atom stereocenters. The van der Waals surface area contributed by atoms with Crippen molar-refractivity contribution in [3.05, 3.63) is 23.3 Å². The van der Waals surface area contributed by atoms with Crippen molar-refractivity contribution >= 4 is 17.6 Å². The first kappa shape index (κ1) is 16.3. The SMILES string of the molecule is COc1cc(C(F)(F)F)cc(C)c1-c1nnc(SC)c(N)n1. The lowest BCUT2D eigenvalue weighted by Crippen LogP contribution is -2.08. The molecule has 0 saturated heterocycles. The van der Waals surface area contributed by atoms with Crippen molar-refractivity contribution in [3.63, 3.8) is 0 Å². The standard InChI is InChI=1S/C13H13F3N4OS/c1-6-4-7(13(14,15)16)5-8(21-2)9(6)11-18-10(17)12(22-3)20-19-11/h4-5H,1-3H3,(H2,17,18,19). The number of benzene rings is 1. The third-order valence-electron chi connectivity index (χ3n) is 2.94. The molecule has 118 valence electrons. The molecule has 0 amide bonds. The van der Waals surface area contributed by atoms with E-state index >= 15 is 0 Å². The molecule has 1 aromatic heterocycles. The van der Waals surface area contributed by atoms with Crippen molar-refractivity contribution in [2.75, 3.05) is 19.1 Å². The second kappa shape index (κ2) is 5.99. The van der Waals surface area contributed by atoms with Crippen LogP contribution in [0.5, 0.6) is 5.75 Å². The lowest BCUT2D eigenvalue weighted by molar-refractivity contribution is -0.137. The average Bonchev–Trinajstić information content (AvgIpc) is 2.45. The summed E-state index contributed by atoms with van der Waals surface area (Å²) in [6.07, 6.45) is -2.69. The van der Waals surface area contributed by atoms with Crippen LogP contribution in [-0.4, -0.2) is 28.5 Å². The van der Waals surface area contributed by atoms with Gasteiger partial charge in [0.1, 0.15) is 5.75 Å². The van der Waals surface area contributed by atoms with E-state index in [2.05, 4.69) is 15.2 Å². The summed E-state index contributed by atoms with van der Waals surface area (Å²) in [6.45, 7) is 1.52. The molecule has 0 fully saturated rings. The van der Waals surface area contributed by atoms with Crippen LogP contribution >= 0.6 is 11.8 Å². The molecule has 0 bridgehead atoms. The minimum atomic E-state index is -4.46. The minimum absolute atomic E-state index is 0.0189. The van der Waals surface area contributed by atoms with Gasteiger partial charge in [-0.25, -0.2) is 4.98 Å². The summed E-state index contributed by atoms with van der Waals surface area (Å²) in [5.74, 6) is 0.308. The predicted molar refractivity (Wildman–Crippen MR) is 77.7 cm³/mol. The maximum absolute atomic E-state index is 12.9. The zero-order valence-corrected chi connectivity index (χ0v) is 12.8. The Hall–Kier alpha value is -2.03. The average molecular weight is 330 g/mol. The molecular formula is C13H13F3N4OS. The molecule has 0 saturated carbocycles. The number of hydrogen-bond acceptors (Lipinski definition) is 6. The number of rotatable bonds is 3. The summed E-state index contributed by atoms with van der Waals surface area (Å²) in [7, 11) is 1.28. The number of nitrogen functional groups attached to an aromatic ring is 1. The number of nitrogens with zero attached hydrogens (tertiary/aromatic N) is 3. The largest absolute Gasteiger partial charge is 0.496 e. The molecule has 0 aliphatic carbocycles. The predicted octanol–water partition coefficient (Wildman–Crippen LogP) is 3.18. The summed E-state index contributed by atoms with van der Waals surface area (Å²) in [5, 5.41) is 8.28. The first-order chi connectivity index (χ1) is 10.3. The van der Waals surface area contributed by atoms with Crippen LogP contribution in [0.15, 0.2) is 17.2 Å². The van der Waals surface area contributed by atoms with E-state index in [1.165, 1.54) is 25.8 Å². The molecule has 0 spiro atoms. The Kier molecular flexibility index (Phi) is 4.45. The molecule has 1 heterocycles. The molecule has 9 heteroatoms. The van der Waals surface area contributed by atoms with Gasteiger partial charge in [-0.1, -0.05) is 0 Å². The second-order valence-corrected chi connectivity index (χ2v) is 5.19. The van der Waals surface area contributed by atoms with Gasteiger partial charge in [0.15, 0.2) is 16.7 Å². The molecule has 0 aliphatic heterocycles. The van der Waals surface area contributed by atoms with E-state index in [1.54, 1.807) is 6.26 Å². The molecule has 2 rings (SSSR count). The van der Waals surface area contributed by atoms with Crippen LogP contribution in [0.4, 0.5) is 19.0 Å². The van der Waals surface area contributed by atoms with Gasteiger partial charge < -0.3 is 10.5 Å². The van der Waals surface area contributed by atoms with Crippen molar-refractivity contribution in [1.82, 2.24) is 15.2 Å². The third kappa shape index (κ3) is 3.08. The van der Waals surface area contributed by atoms with Crippen LogP contribution in [0, 0.1) is 6.92 Å². The molecular weight excluding hydrogens is 317 g/mol. The fourth-order valence-electron chi connectivity index (χ4n) is 1.95. The highest BCUT2D eigenvalue weighted by atomic mass is 32.2. The first-order valence-corrected chi connectivity index (χ1v) is 7.30. The molecule has 2 N–H and O–H groups in total. The number of anilines is 1. The number of aromatic nitrogens is 3. The Morgan fingerprint density at radius 2 is 1.91 bits per heavy atom. The zero-order chi connectivity index (χ0) is 16.5. The molecule has 0 unspecified atom stereocenters. The van der Waals surface area contributed by atoms with Gasteiger partial charge in [-0.05, 0) is 30.9 Å². The summed E-state index contributed by atoms with van der Waals surface area (Å²) < 4.78 is 43.6. The number of aryl methyl sites for hydroxylation is 1. The van der Waals surface area contributed by atoms with Crippen LogP contribution in [-0.2, 0) is 6.18 Å². The number of ether oxygens (including phenoxy) is 1. The van der Waals surface area contributed by atoms with Gasteiger partial charge in [0.25, 0.3) is 0 Å². The molecule has 5 nitrogen and oxygen atoms in total. The van der Waals surface area contributed by atoms with Gasteiger partial charge in [-0.3, -0.25) is 0 Å². The lowest BCUT2D eigenvalue weighted by Gasteiger charge is -2.15. The summed E-state index contributed by atoms with van der Waals surface area (Å²) in [5.41, 5.74) is 5.62. The van der Waals surface area contributed by atoms with E-state index in [-0.39, 0.29) is 17.4 Å². The van der Waals surface area contributed by atoms with Crippen LogP contribution in [0.2, 0.25) is 0 Å². The van der Waals surface area contributed by atoms with Gasteiger partial charge in [0.2, 0.25) is 0 Å². The number of thioether (sulfide) groups is 1. The number of alkyl halides is 3. The van der Waals surface area contributed by atoms with Crippen LogP contribution in [0.25, 0.3) is 11.4 Å². The number of nitrogens with two attached hydrogens (primary N) is 1. The Balaban J connectivity index is 2.63. The summed E-state index contributed by atoms with van der Waals surface area (Å²) >= 11 is 1.28. The fourth-order valence-corrected chi connectivity index (χ4v) is 2.32. The highest BCUT2D eigenvalue weighted by Gasteiger charge is 2.32. The number of halogens is 3. The Bertz CT molecular complexity index is 706. The van der Waals surface area contributed by atoms with E-state index in [4.69, 9.17) is 10.5 Å². The van der Waals surface area contributed by atoms with E-state index in [0.29, 0.717) is 16.2 Å². The Morgan fingerprint density at radius 1 is 1.23 bits per heavy atom. The normalized spacial score (nSPS) is 11.5. The van der Waals surface area contributed by atoms with Crippen molar-refractivity contribution in [3.8, 4) is 17.1 Å². The zero-order valence-electron chi connectivity index (χ0n) is 12.0. The number of methoxy groups -OCH3 is 1. The Labute approximate surface area is 129 Å². The van der Waals surface area contributed by atoms with E-state index in [0.717, 1.165) is 12.1 Å². The summed E-state index contributed by atoms with van der Waals surface area (Å²) in [4.78, 5) is 4.10. The van der Waals surface area contributed by atoms with E-state index in [9.17, 15) is 13.2 Å². The number of hydrogen-bond donors (Lipinski definition) is 1. The van der Waals surface area contributed by atoms with Gasteiger partial charge in [-0.15, -0.1) is 22.0 Å². The quantitative estimate of drug-likeness (QED) is 0.871. The molecule has 0 aliphatic rings. The van der Waals surface area contributed by atoms with Crippen LogP contribution < -0.4 is 10.5 Å². The summed E-state index contributed by atoms with van der Waals surface area (Å²) in [6, 6.07) is 1.92. The highest BCUT2D eigenvalue weighted by molar-refractivity contribution is 7.98. The van der Waals surface area contributed by atoms with E-state index < -0.39 is 11.7 Å². The van der Waals surface area contributed by atoms with Crippen molar-refractivity contribution < 1.29 is 17.9 Å². The lowest BCUT2D eigenvalue weighted by atomic mass is 10.0. The van der Waals surface area contributed by atoms with E-state index in [1.807, 2.05) is 0 Å². The van der Waals surface area contributed by atoms with Gasteiger partial charge in [0.05, 0.1) is 18.2 Å². The van der Waals surface area contributed by atoms with Gasteiger partial charge in [0, 0.05) is 0 Å². The monoisotopic (exact) mass is 330 g/mol. The van der Waals surface area contributed by atoms with Crippen LogP contribution in [0.1, 0.15) is 11.1 Å². The maximum Gasteiger partial charge on any atom is 0.416 e. The fraction of sp³-hybridized carbons (Fsp3) is 0.308. The van der Waals surface area contributed by atoms with Crippen LogP contribution in [0.3, 0.4) is 0 Å². The Morgan fingerprint density at radius 3 is 2.41 bits per heavy atom. The molecule has 0 radical (unpaired) electrons. The smallest absolute Gasteiger partial charge is 0.416 e. The molecule has 1 aromatic carbocycles. The minimum Gasteiger partial charge on any atom is -0.496 e. The molecule has 22 heavy (non-hydrogen) atoms. The van der Waals surface area contributed by atoms with Gasteiger partial charge >= 0.3 is 6.18 Å². The van der Waals surface area contributed by atoms with Gasteiger partial charge in [-0.2, -0.15) is 13.2 Å². The van der Waals surface area contributed by atoms with Crippen molar-refractivity contribution in [2.45, 2.75) is 18.1 Å². The van der Waals surface area contributed by atoms with Crippen molar-refractivity contribution in [1.29, 1.82) is 0 Å². The highest BCUT2D eigenvalue weighted by Crippen LogP contribution is 2.38. The second-order valence-electron chi connectivity index (χ2n) is 4.40. The molecule has 2 aromatic rings.